The van der Waals surface area contributed by atoms with Crippen LogP contribution in [-0.2, 0) is 0 Å². The molecular formula is C13H19N5. The fourth-order valence-corrected chi connectivity index (χ4v) is 2.10. The number of hydrogen-bond acceptors (Lipinski definition) is 4. The molecule has 5 heteroatoms. The highest BCUT2D eigenvalue weighted by atomic mass is 15.3. The van der Waals surface area contributed by atoms with Crippen molar-refractivity contribution in [3.8, 4) is 0 Å². The molecule has 0 amide bonds. The van der Waals surface area contributed by atoms with Crippen LogP contribution in [0.25, 0.3) is 5.65 Å². The van der Waals surface area contributed by atoms with Gasteiger partial charge >= 0.3 is 0 Å². The maximum absolute atomic E-state index is 4.45. The highest BCUT2D eigenvalue weighted by Gasteiger charge is 2.25. The van der Waals surface area contributed by atoms with Gasteiger partial charge in [-0.1, -0.05) is 0 Å². The maximum Gasteiger partial charge on any atom is 0.243 e. The van der Waals surface area contributed by atoms with Crippen molar-refractivity contribution >= 4 is 11.6 Å². The van der Waals surface area contributed by atoms with Crippen LogP contribution in [0, 0.1) is 6.92 Å². The van der Waals surface area contributed by atoms with Gasteiger partial charge in [-0.3, -0.25) is 0 Å². The minimum Gasteiger partial charge on any atom is -0.352 e. The summed E-state index contributed by atoms with van der Waals surface area (Å²) in [5, 5.41) is 7.67. The number of rotatable bonds is 5. The molecule has 0 radical (unpaired) electrons. The third kappa shape index (κ3) is 2.46. The average molecular weight is 245 g/mol. The Morgan fingerprint density at radius 3 is 3.11 bits per heavy atom. The predicted octanol–water partition coefficient (Wildman–Crippen LogP) is 1.54. The number of aromatic nitrogens is 3. The zero-order valence-corrected chi connectivity index (χ0v) is 10.9. The van der Waals surface area contributed by atoms with Gasteiger partial charge in [0.15, 0.2) is 5.65 Å². The van der Waals surface area contributed by atoms with Gasteiger partial charge < -0.3 is 10.2 Å². The molecule has 1 aliphatic carbocycles. The molecule has 0 bridgehead atoms. The van der Waals surface area contributed by atoms with Gasteiger partial charge in [0.1, 0.15) is 0 Å². The molecule has 2 heterocycles. The molecule has 5 nitrogen and oxygen atoms in total. The lowest BCUT2D eigenvalue weighted by atomic mass is 10.3. The first kappa shape index (κ1) is 11.5. The van der Waals surface area contributed by atoms with Crippen LogP contribution in [0.15, 0.2) is 18.3 Å². The Bertz CT molecular complexity index is 543. The monoisotopic (exact) mass is 245 g/mol. The van der Waals surface area contributed by atoms with Crippen molar-refractivity contribution in [1.29, 1.82) is 0 Å². The third-order valence-electron chi connectivity index (χ3n) is 3.41. The van der Waals surface area contributed by atoms with E-state index < -0.39 is 0 Å². The lowest BCUT2D eigenvalue weighted by molar-refractivity contribution is 0.337. The van der Waals surface area contributed by atoms with E-state index in [1.165, 1.54) is 18.4 Å². The molecule has 0 atom stereocenters. The minimum absolute atomic E-state index is 0.713. The van der Waals surface area contributed by atoms with Crippen LogP contribution in [-0.4, -0.2) is 45.7 Å². The average Bonchev–Trinajstić information content (AvgIpc) is 3.11. The van der Waals surface area contributed by atoms with Crippen LogP contribution in [0.5, 0.6) is 0 Å². The summed E-state index contributed by atoms with van der Waals surface area (Å²) in [5.41, 5.74) is 2.10. The lowest BCUT2D eigenvalue weighted by Crippen LogP contribution is -2.27. The van der Waals surface area contributed by atoms with Gasteiger partial charge in [0, 0.05) is 25.3 Å². The zero-order valence-electron chi connectivity index (χ0n) is 10.9. The van der Waals surface area contributed by atoms with E-state index in [0.29, 0.717) is 5.95 Å². The van der Waals surface area contributed by atoms with Gasteiger partial charge in [-0.25, -0.2) is 4.52 Å². The molecule has 2 aromatic rings. The Kier molecular flexibility index (Phi) is 2.91. The molecule has 0 aliphatic heterocycles. The van der Waals surface area contributed by atoms with Gasteiger partial charge in [-0.05, 0) is 44.5 Å². The highest BCUT2D eigenvalue weighted by molar-refractivity contribution is 5.45. The highest BCUT2D eigenvalue weighted by Crippen LogP contribution is 2.24. The molecular weight excluding hydrogens is 226 g/mol. The van der Waals surface area contributed by atoms with E-state index >= 15 is 0 Å². The second kappa shape index (κ2) is 4.57. The summed E-state index contributed by atoms with van der Waals surface area (Å²) in [6.07, 6.45) is 4.64. The second-order valence-electron chi connectivity index (χ2n) is 5.08. The Balaban J connectivity index is 1.60. The molecule has 96 valence electrons. The summed E-state index contributed by atoms with van der Waals surface area (Å²) in [4.78, 5) is 6.85. The van der Waals surface area contributed by atoms with E-state index in [4.69, 9.17) is 0 Å². The SMILES string of the molecule is Cc1ccn2nc(NCCN(C)C3CC3)nc2c1. The van der Waals surface area contributed by atoms with Crippen LogP contribution < -0.4 is 5.32 Å². The summed E-state index contributed by atoms with van der Waals surface area (Å²) in [6.45, 7) is 3.99. The topological polar surface area (TPSA) is 45.5 Å². The summed E-state index contributed by atoms with van der Waals surface area (Å²) in [7, 11) is 2.18. The fourth-order valence-electron chi connectivity index (χ4n) is 2.10. The van der Waals surface area contributed by atoms with Crippen molar-refractivity contribution in [2.24, 2.45) is 0 Å². The third-order valence-corrected chi connectivity index (χ3v) is 3.41. The Morgan fingerprint density at radius 2 is 2.33 bits per heavy atom. The maximum atomic E-state index is 4.45. The summed E-state index contributed by atoms with van der Waals surface area (Å²) in [5.74, 6) is 0.713. The first-order chi connectivity index (χ1) is 8.72. The number of nitrogens with one attached hydrogen (secondary N) is 1. The fraction of sp³-hybridized carbons (Fsp3) is 0.538. The van der Waals surface area contributed by atoms with Gasteiger partial charge in [-0.2, -0.15) is 4.98 Å². The first-order valence-electron chi connectivity index (χ1n) is 6.49. The number of nitrogens with zero attached hydrogens (tertiary/aromatic N) is 4. The van der Waals surface area contributed by atoms with Gasteiger partial charge in [-0.15, -0.1) is 5.10 Å². The molecule has 18 heavy (non-hydrogen) atoms. The largest absolute Gasteiger partial charge is 0.352 e. The van der Waals surface area contributed by atoms with Crippen molar-refractivity contribution in [3.05, 3.63) is 23.9 Å². The number of anilines is 1. The summed E-state index contributed by atoms with van der Waals surface area (Å²) < 4.78 is 1.81. The van der Waals surface area contributed by atoms with Crippen LogP contribution in [0.3, 0.4) is 0 Å². The molecule has 0 saturated heterocycles. The van der Waals surface area contributed by atoms with Gasteiger partial charge in [0.2, 0.25) is 5.95 Å². The molecule has 1 N–H and O–H groups in total. The molecule has 2 aromatic heterocycles. The van der Waals surface area contributed by atoms with Crippen molar-refractivity contribution in [1.82, 2.24) is 19.5 Å². The van der Waals surface area contributed by atoms with Crippen molar-refractivity contribution < 1.29 is 0 Å². The quantitative estimate of drug-likeness (QED) is 0.868. The van der Waals surface area contributed by atoms with E-state index in [0.717, 1.165) is 24.8 Å². The standard InChI is InChI=1S/C13H19N5/c1-10-5-7-18-12(9-10)15-13(16-18)14-6-8-17(2)11-3-4-11/h5,7,9,11H,3-4,6,8H2,1-2H3,(H,14,16). The number of fused-ring (bicyclic) bond motifs is 1. The van der Waals surface area contributed by atoms with Crippen LogP contribution in [0.2, 0.25) is 0 Å². The van der Waals surface area contributed by atoms with E-state index in [2.05, 4.69) is 34.3 Å². The summed E-state index contributed by atoms with van der Waals surface area (Å²) in [6, 6.07) is 4.88. The Morgan fingerprint density at radius 1 is 1.50 bits per heavy atom. The molecule has 0 aromatic carbocycles. The van der Waals surface area contributed by atoms with Crippen molar-refractivity contribution in [2.45, 2.75) is 25.8 Å². The van der Waals surface area contributed by atoms with Crippen molar-refractivity contribution in [2.75, 3.05) is 25.5 Å². The molecule has 0 unspecified atom stereocenters. The zero-order chi connectivity index (χ0) is 12.5. The number of aryl methyl sites for hydroxylation is 1. The van der Waals surface area contributed by atoms with Crippen molar-refractivity contribution in [3.63, 3.8) is 0 Å². The molecule has 1 saturated carbocycles. The molecule has 3 rings (SSSR count). The Hall–Kier alpha value is -1.62. The lowest BCUT2D eigenvalue weighted by Gasteiger charge is -2.14. The Labute approximate surface area is 107 Å². The number of hydrogen-bond donors (Lipinski definition) is 1. The van der Waals surface area contributed by atoms with E-state index in [1.54, 1.807) is 4.52 Å². The number of likely N-dealkylation sites (N-methyl/N-ethyl adjacent to an activating group) is 1. The molecule has 1 aliphatic rings. The van der Waals surface area contributed by atoms with Crippen LogP contribution in [0.4, 0.5) is 5.95 Å². The van der Waals surface area contributed by atoms with E-state index in [9.17, 15) is 0 Å². The van der Waals surface area contributed by atoms with Gasteiger partial charge in [0.05, 0.1) is 0 Å². The van der Waals surface area contributed by atoms with Crippen LogP contribution in [0.1, 0.15) is 18.4 Å². The van der Waals surface area contributed by atoms with Crippen LogP contribution >= 0.6 is 0 Å². The predicted molar refractivity (Wildman–Crippen MR) is 71.9 cm³/mol. The second-order valence-corrected chi connectivity index (χ2v) is 5.08. The van der Waals surface area contributed by atoms with Gasteiger partial charge in [0.25, 0.3) is 0 Å². The normalized spacial score (nSPS) is 15.5. The minimum atomic E-state index is 0.713. The smallest absolute Gasteiger partial charge is 0.243 e. The molecule has 1 fully saturated rings. The summed E-state index contributed by atoms with van der Waals surface area (Å²) >= 11 is 0. The van der Waals surface area contributed by atoms with E-state index in [1.807, 2.05) is 18.3 Å². The number of pyridine rings is 1. The first-order valence-corrected chi connectivity index (χ1v) is 6.49. The molecule has 0 spiro atoms. The van der Waals surface area contributed by atoms with E-state index in [-0.39, 0.29) is 0 Å².